The van der Waals surface area contributed by atoms with Crippen molar-refractivity contribution in [2.75, 3.05) is 22.8 Å². The van der Waals surface area contributed by atoms with Crippen molar-refractivity contribution in [3.63, 3.8) is 0 Å². The predicted molar refractivity (Wildman–Crippen MR) is 97.6 cm³/mol. The smallest absolute Gasteiger partial charge is 0.303 e. The molecule has 0 unspecified atom stereocenters. The van der Waals surface area contributed by atoms with Crippen LogP contribution >= 0.6 is 0 Å². The summed E-state index contributed by atoms with van der Waals surface area (Å²) in [5, 5.41) is 13.8. The van der Waals surface area contributed by atoms with Gasteiger partial charge in [-0.3, -0.25) is 19.1 Å². The number of nitrogens with one attached hydrogen (secondary N) is 3. The Morgan fingerprint density at radius 2 is 1.81 bits per heavy atom. The largest absolute Gasteiger partial charge is 0.481 e. The molecule has 2 amide bonds. The highest BCUT2D eigenvalue weighted by molar-refractivity contribution is 7.92. The molecule has 0 spiro atoms. The number of carbonyl (C=O) groups is 3. The van der Waals surface area contributed by atoms with Gasteiger partial charge in [0.2, 0.25) is 15.9 Å². The molecule has 0 bridgehead atoms. The van der Waals surface area contributed by atoms with Gasteiger partial charge in [-0.05, 0) is 31.0 Å². The molecule has 26 heavy (non-hydrogen) atoms. The first-order valence-corrected chi connectivity index (χ1v) is 9.87. The van der Waals surface area contributed by atoms with E-state index in [1.54, 1.807) is 0 Å². The minimum Gasteiger partial charge on any atom is -0.481 e. The van der Waals surface area contributed by atoms with Gasteiger partial charge in [-0.15, -0.1) is 0 Å². The lowest BCUT2D eigenvalue weighted by Crippen LogP contribution is -2.26. The van der Waals surface area contributed by atoms with Crippen molar-refractivity contribution in [1.82, 2.24) is 5.32 Å². The monoisotopic (exact) mass is 385 g/mol. The van der Waals surface area contributed by atoms with E-state index < -0.39 is 21.9 Å². The van der Waals surface area contributed by atoms with Crippen LogP contribution in [0.5, 0.6) is 0 Å². The Bertz CT molecular complexity index is 776. The zero-order valence-electron chi connectivity index (χ0n) is 14.7. The Morgan fingerprint density at radius 3 is 2.38 bits per heavy atom. The Kier molecular flexibility index (Phi) is 8.04. The molecule has 9 nitrogen and oxygen atoms in total. The average molecular weight is 385 g/mol. The van der Waals surface area contributed by atoms with Gasteiger partial charge in [0.05, 0.1) is 17.5 Å². The molecule has 0 aromatic heterocycles. The standard InChI is InChI=1S/C16H23N3O6S/c1-11(20)18-12-7-8-14(19-26(2,24)25)13(10-12)16(23)17-9-5-3-4-6-15(21)22/h7-8,10,19H,3-6,9H2,1-2H3,(H,17,23)(H,18,20)(H,21,22). The van der Waals surface area contributed by atoms with E-state index in [1.807, 2.05) is 0 Å². The van der Waals surface area contributed by atoms with Crippen molar-refractivity contribution in [1.29, 1.82) is 0 Å². The van der Waals surface area contributed by atoms with Gasteiger partial charge in [0.15, 0.2) is 0 Å². The van der Waals surface area contributed by atoms with E-state index in [2.05, 4.69) is 15.4 Å². The van der Waals surface area contributed by atoms with Crippen LogP contribution in [0.15, 0.2) is 18.2 Å². The first kappa shape index (κ1) is 21.4. The first-order chi connectivity index (χ1) is 12.1. The minimum atomic E-state index is -3.58. The van der Waals surface area contributed by atoms with E-state index in [0.29, 0.717) is 31.5 Å². The van der Waals surface area contributed by atoms with Crippen LogP contribution in [-0.4, -0.2) is 44.1 Å². The van der Waals surface area contributed by atoms with Crippen LogP contribution in [0.2, 0.25) is 0 Å². The highest BCUT2D eigenvalue weighted by Crippen LogP contribution is 2.22. The number of rotatable bonds is 10. The molecule has 144 valence electrons. The molecule has 10 heteroatoms. The molecule has 1 aromatic carbocycles. The summed E-state index contributed by atoms with van der Waals surface area (Å²) in [5.74, 6) is -1.68. The Hall–Kier alpha value is -2.62. The number of unbranched alkanes of at least 4 members (excludes halogenated alkanes) is 2. The maximum absolute atomic E-state index is 12.4. The first-order valence-electron chi connectivity index (χ1n) is 7.98. The Morgan fingerprint density at radius 1 is 1.12 bits per heavy atom. The number of carboxylic acid groups (broad SMARTS) is 1. The summed E-state index contributed by atoms with van der Waals surface area (Å²) in [6.45, 7) is 1.64. The average Bonchev–Trinajstić information content (AvgIpc) is 2.49. The lowest BCUT2D eigenvalue weighted by molar-refractivity contribution is -0.137. The third-order valence-electron chi connectivity index (χ3n) is 3.23. The highest BCUT2D eigenvalue weighted by Gasteiger charge is 2.15. The normalized spacial score (nSPS) is 10.8. The number of sulfonamides is 1. The van der Waals surface area contributed by atoms with Crippen molar-refractivity contribution in [2.24, 2.45) is 0 Å². The third kappa shape index (κ3) is 8.47. The summed E-state index contributed by atoms with van der Waals surface area (Å²) in [7, 11) is -3.58. The molecule has 0 aliphatic rings. The number of carboxylic acids is 1. The quantitative estimate of drug-likeness (QED) is 0.448. The summed E-state index contributed by atoms with van der Waals surface area (Å²) < 4.78 is 25.2. The minimum absolute atomic E-state index is 0.0761. The van der Waals surface area contributed by atoms with Gasteiger partial charge in [0.25, 0.3) is 5.91 Å². The summed E-state index contributed by atoms with van der Waals surface area (Å²) in [6, 6.07) is 4.26. The van der Waals surface area contributed by atoms with Crippen LogP contribution in [0.3, 0.4) is 0 Å². The second-order valence-electron chi connectivity index (χ2n) is 5.78. The lowest BCUT2D eigenvalue weighted by atomic mass is 10.1. The number of hydrogen-bond donors (Lipinski definition) is 4. The molecule has 0 heterocycles. The molecular weight excluding hydrogens is 362 g/mol. The van der Waals surface area contributed by atoms with Gasteiger partial charge in [-0.25, -0.2) is 8.42 Å². The van der Waals surface area contributed by atoms with E-state index in [1.165, 1.54) is 25.1 Å². The van der Waals surface area contributed by atoms with Crippen molar-refractivity contribution in [3.05, 3.63) is 23.8 Å². The van der Waals surface area contributed by atoms with E-state index in [-0.39, 0.29) is 23.6 Å². The van der Waals surface area contributed by atoms with Gasteiger partial charge in [0, 0.05) is 25.6 Å². The number of benzene rings is 1. The van der Waals surface area contributed by atoms with Gasteiger partial charge >= 0.3 is 5.97 Å². The molecule has 4 N–H and O–H groups in total. The lowest BCUT2D eigenvalue weighted by Gasteiger charge is -2.13. The number of amides is 2. The molecule has 0 aliphatic heterocycles. The second-order valence-corrected chi connectivity index (χ2v) is 7.52. The van der Waals surface area contributed by atoms with Gasteiger partial charge in [0.1, 0.15) is 0 Å². The molecule has 1 aromatic rings. The maximum atomic E-state index is 12.4. The highest BCUT2D eigenvalue weighted by atomic mass is 32.2. The fraction of sp³-hybridized carbons (Fsp3) is 0.438. The van der Waals surface area contributed by atoms with E-state index in [4.69, 9.17) is 5.11 Å². The van der Waals surface area contributed by atoms with Crippen LogP contribution in [-0.2, 0) is 19.6 Å². The van der Waals surface area contributed by atoms with Crippen molar-refractivity contribution in [3.8, 4) is 0 Å². The number of aliphatic carboxylic acids is 1. The molecule has 0 atom stereocenters. The van der Waals surface area contributed by atoms with Crippen molar-refractivity contribution in [2.45, 2.75) is 32.6 Å². The number of hydrogen-bond acceptors (Lipinski definition) is 5. The van der Waals surface area contributed by atoms with Crippen LogP contribution < -0.4 is 15.4 Å². The number of carbonyl (C=O) groups excluding carboxylic acids is 2. The summed E-state index contributed by atoms with van der Waals surface area (Å²) in [4.78, 5) is 34.0. The van der Waals surface area contributed by atoms with Gasteiger partial charge in [-0.2, -0.15) is 0 Å². The Labute approximate surface area is 152 Å². The molecule has 0 fully saturated rings. The second kappa shape index (κ2) is 9.76. The molecule has 0 radical (unpaired) electrons. The summed E-state index contributed by atoms with van der Waals surface area (Å²) >= 11 is 0. The molecular formula is C16H23N3O6S. The Balaban J connectivity index is 2.79. The molecule has 0 aliphatic carbocycles. The van der Waals surface area contributed by atoms with Crippen LogP contribution in [0.1, 0.15) is 43.0 Å². The van der Waals surface area contributed by atoms with E-state index in [9.17, 15) is 22.8 Å². The molecule has 1 rings (SSSR count). The van der Waals surface area contributed by atoms with E-state index >= 15 is 0 Å². The van der Waals surface area contributed by atoms with Gasteiger partial charge in [-0.1, -0.05) is 6.42 Å². The maximum Gasteiger partial charge on any atom is 0.303 e. The number of anilines is 2. The topological polar surface area (TPSA) is 142 Å². The van der Waals surface area contributed by atoms with Crippen LogP contribution in [0.4, 0.5) is 11.4 Å². The summed E-state index contributed by atoms with van der Waals surface area (Å²) in [5.41, 5.74) is 0.542. The fourth-order valence-corrected chi connectivity index (χ4v) is 2.75. The zero-order chi connectivity index (χ0) is 19.7. The zero-order valence-corrected chi connectivity index (χ0v) is 15.5. The summed E-state index contributed by atoms with van der Waals surface area (Å²) in [6.07, 6.45) is 2.81. The molecule has 0 saturated carbocycles. The van der Waals surface area contributed by atoms with Crippen molar-refractivity contribution < 1.29 is 27.9 Å². The van der Waals surface area contributed by atoms with E-state index in [0.717, 1.165) is 6.26 Å². The fourth-order valence-electron chi connectivity index (χ4n) is 2.18. The van der Waals surface area contributed by atoms with Crippen molar-refractivity contribution >= 4 is 39.2 Å². The molecule has 0 saturated heterocycles. The third-order valence-corrected chi connectivity index (χ3v) is 3.82. The predicted octanol–water partition coefficient (Wildman–Crippen LogP) is 1.39. The SMILES string of the molecule is CC(=O)Nc1ccc(NS(C)(=O)=O)c(C(=O)NCCCCCC(=O)O)c1. The van der Waals surface area contributed by atoms with Crippen LogP contribution in [0.25, 0.3) is 0 Å². The van der Waals surface area contributed by atoms with Gasteiger partial charge < -0.3 is 15.7 Å². The van der Waals surface area contributed by atoms with Crippen LogP contribution in [0, 0.1) is 0 Å².